The van der Waals surface area contributed by atoms with Crippen LogP contribution in [0.3, 0.4) is 0 Å². The Morgan fingerprint density at radius 3 is 2.58 bits per heavy atom. The van der Waals surface area contributed by atoms with Crippen molar-refractivity contribution in [3.05, 3.63) is 83.0 Å². The smallest absolute Gasteiger partial charge is 0.169 e. The van der Waals surface area contributed by atoms with Gasteiger partial charge in [-0.3, -0.25) is 0 Å². The standard InChI is InChI=1S/C19H16Cl2N2S/c1-2-10-24-19-22-12-18(15-8-9-16(20)17(21)11-15)23(19)13-14-6-4-3-5-7-14/h2-9,11-12H,1,10,13H2. The summed E-state index contributed by atoms with van der Waals surface area (Å²) in [5.41, 5.74) is 3.24. The molecule has 122 valence electrons. The van der Waals surface area contributed by atoms with Crippen LogP contribution in [0.5, 0.6) is 0 Å². The van der Waals surface area contributed by atoms with E-state index in [1.54, 1.807) is 11.8 Å². The molecule has 0 aliphatic carbocycles. The normalized spacial score (nSPS) is 10.8. The molecule has 0 N–H and O–H groups in total. The third kappa shape index (κ3) is 3.86. The van der Waals surface area contributed by atoms with E-state index in [0.717, 1.165) is 28.7 Å². The third-order valence-corrected chi connectivity index (χ3v) is 5.27. The van der Waals surface area contributed by atoms with E-state index in [9.17, 15) is 0 Å². The van der Waals surface area contributed by atoms with Crippen LogP contribution in [0.2, 0.25) is 10.0 Å². The summed E-state index contributed by atoms with van der Waals surface area (Å²) in [6, 6.07) is 16.0. The first-order valence-corrected chi connectivity index (χ1v) is 9.21. The predicted molar refractivity (Wildman–Crippen MR) is 104 cm³/mol. The number of thioether (sulfide) groups is 1. The van der Waals surface area contributed by atoms with Crippen LogP contribution >= 0.6 is 35.0 Å². The highest BCUT2D eigenvalue weighted by molar-refractivity contribution is 7.99. The van der Waals surface area contributed by atoms with Crippen molar-refractivity contribution >= 4 is 35.0 Å². The molecule has 0 saturated heterocycles. The number of aromatic nitrogens is 2. The molecule has 0 saturated carbocycles. The Labute approximate surface area is 156 Å². The lowest BCUT2D eigenvalue weighted by Gasteiger charge is -2.12. The summed E-state index contributed by atoms with van der Waals surface area (Å²) in [6.07, 6.45) is 3.76. The molecule has 1 heterocycles. The van der Waals surface area contributed by atoms with Gasteiger partial charge in [0, 0.05) is 11.3 Å². The maximum absolute atomic E-state index is 6.19. The Morgan fingerprint density at radius 2 is 1.88 bits per heavy atom. The molecule has 0 aliphatic heterocycles. The minimum Gasteiger partial charge on any atom is -0.314 e. The lowest BCUT2D eigenvalue weighted by molar-refractivity contribution is 0.716. The fourth-order valence-electron chi connectivity index (χ4n) is 2.41. The number of hydrogen-bond acceptors (Lipinski definition) is 2. The molecule has 3 aromatic rings. The molecule has 0 bridgehead atoms. The van der Waals surface area contributed by atoms with E-state index in [1.807, 2.05) is 48.7 Å². The molecule has 0 fully saturated rings. The Hall–Kier alpha value is -1.68. The van der Waals surface area contributed by atoms with E-state index in [2.05, 4.69) is 28.3 Å². The molecular formula is C19H16Cl2N2S. The molecular weight excluding hydrogens is 359 g/mol. The SMILES string of the molecule is C=CCSc1ncc(-c2ccc(Cl)c(Cl)c2)n1Cc1ccccc1. The summed E-state index contributed by atoms with van der Waals surface area (Å²) >= 11 is 13.9. The maximum Gasteiger partial charge on any atom is 0.169 e. The molecule has 2 nitrogen and oxygen atoms in total. The van der Waals surface area contributed by atoms with E-state index in [1.165, 1.54) is 5.56 Å². The molecule has 0 unspecified atom stereocenters. The van der Waals surface area contributed by atoms with Crippen LogP contribution in [0, 0.1) is 0 Å². The lowest BCUT2D eigenvalue weighted by atomic mass is 10.1. The molecule has 0 spiro atoms. The third-order valence-electron chi connectivity index (χ3n) is 3.55. The lowest BCUT2D eigenvalue weighted by Crippen LogP contribution is -2.03. The topological polar surface area (TPSA) is 17.8 Å². The van der Waals surface area contributed by atoms with Gasteiger partial charge in [0.25, 0.3) is 0 Å². The van der Waals surface area contributed by atoms with E-state index in [4.69, 9.17) is 23.2 Å². The second-order valence-corrected chi connectivity index (χ2v) is 7.03. The van der Waals surface area contributed by atoms with Crippen molar-refractivity contribution < 1.29 is 0 Å². The molecule has 0 radical (unpaired) electrons. The maximum atomic E-state index is 6.19. The van der Waals surface area contributed by atoms with Crippen molar-refractivity contribution in [3.8, 4) is 11.3 Å². The fraction of sp³-hybridized carbons (Fsp3) is 0.105. The second kappa shape index (κ2) is 7.93. The first-order chi connectivity index (χ1) is 11.7. The van der Waals surface area contributed by atoms with Crippen LogP contribution in [0.25, 0.3) is 11.3 Å². The highest BCUT2D eigenvalue weighted by atomic mass is 35.5. The molecule has 2 aromatic carbocycles. The van der Waals surface area contributed by atoms with Crippen LogP contribution in [0.4, 0.5) is 0 Å². The Balaban J connectivity index is 2.03. The number of rotatable bonds is 6. The van der Waals surface area contributed by atoms with Crippen molar-refractivity contribution in [2.24, 2.45) is 0 Å². The van der Waals surface area contributed by atoms with Gasteiger partial charge in [-0.1, -0.05) is 77.4 Å². The fourth-order valence-corrected chi connectivity index (χ4v) is 3.42. The van der Waals surface area contributed by atoms with Crippen molar-refractivity contribution in [1.29, 1.82) is 0 Å². The van der Waals surface area contributed by atoms with Gasteiger partial charge in [0.15, 0.2) is 5.16 Å². The monoisotopic (exact) mass is 374 g/mol. The molecule has 0 aliphatic rings. The first kappa shape index (κ1) is 17.2. The van der Waals surface area contributed by atoms with Gasteiger partial charge in [-0.25, -0.2) is 4.98 Å². The van der Waals surface area contributed by atoms with E-state index in [0.29, 0.717) is 10.0 Å². The Morgan fingerprint density at radius 1 is 1.08 bits per heavy atom. The van der Waals surface area contributed by atoms with E-state index in [-0.39, 0.29) is 0 Å². The molecule has 3 rings (SSSR count). The second-order valence-electron chi connectivity index (χ2n) is 5.23. The minimum atomic E-state index is 0.543. The number of benzene rings is 2. The van der Waals surface area contributed by atoms with Crippen molar-refractivity contribution in [2.45, 2.75) is 11.7 Å². The van der Waals surface area contributed by atoms with Crippen LogP contribution in [-0.4, -0.2) is 15.3 Å². The van der Waals surface area contributed by atoms with Crippen LogP contribution in [0.1, 0.15) is 5.56 Å². The van der Waals surface area contributed by atoms with Crippen molar-refractivity contribution in [1.82, 2.24) is 9.55 Å². The summed E-state index contributed by atoms with van der Waals surface area (Å²) in [4.78, 5) is 4.58. The van der Waals surface area contributed by atoms with Gasteiger partial charge < -0.3 is 4.57 Å². The number of halogens is 2. The summed E-state index contributed by atoms with van der Waals surface area (Å²) in [6.45, 7) is 4.53. The molecule has 24 heavy (non-hydrogen) atoms. The predicted octanol–water partition coefficient (Wildman–Crippen LogP) is 6.18. The van der Waals surface area contributed by atoms with Gasteiger partial charge in [0.1, 0.15) is 0 Å². The summed E-state index contributed by atoms with van der Waals surface area (Å²) in [5.74, 6) is 0.812. The number of imidazole rings is 1. The highest BCUT2D eigenvalue weighted by Crippen LogP contribution is 2.31. The molecule has 1 aromatic heterocycles. The molecule has 5 heteroatoms. The molecule has 0 atom stereocenters. The average Bonchev–Trinajstić information content (AvgIpc) is 2.99. The van der Waals surface area contributed by atoms with Crippen molar-refractivity contribution in [2.75, 3.05) is 5.75 Å². The van der Waals surface area contributed by atoms with Gasteiger partial charge in [-0.15, -0.1) is 6.58 Å². The Kier molecular flexibility index (Phi) is 5.67. The first-order valence-electron chi connectivity index (χ1n) is 7.47. The zero-order chi connectivity index (χ0) is 16.9. The van der Waals surface area contributed by atoms with Crippen LogP contribution in [0.15, 0.2) is 72.5 Å². The van der Waals surface area contributed by atoms with Crippen molar-refractivity contribution in [3.63, 3.8) is 0 Å². The van der Waals surface area contributed by atoms with Gasteiger partial charge in [0.05, 0.1) is 28.5 Å². The quantitative estimate of drug-likeness (QED) is 0.378. The highest BCUT2D eigenvalue weighted by Gasteiger charge is 2.13. The number of nitrogens with zero attached hydrogens (tertiary/aromatic N) is 2. The van der Waals surface area contributed by atoms with E-state index < -0.39 is 0 Å². The summed E-state index contributed by atoms with van der Waals surface area (Å²) in [7, 11) is 0. The minimum absolute atomic E-state index is 0.543. The van der Waals surface area contributed by atoms with Gasteiger partial charge in [0.2, 0.25) is 0 Å². The largest absolute Gasteiger partial charge is 0.314 e. The zero-order valence-corrected chi connectivity index (χ0v) is 15.3. The average molecular weight is 375 g/mol. The van der Waals surface area contributed by atoms with Gasteiger partial charge in [-0.05, 0) is 17.7 Å². The van der Waals surface area contributed by atoms with Gasteiger partial charge >= 0.3 is 0 Å². The van der Waals surface area contributed by atoms with Crippen LogP contribution < -0.4 is 0 Å². The molecule has 0 amide bonds. The zero-order valence-electron chi connectivity index (χ0n) is 13.0. The van der Waals surface area contributed by atoms with Crippen LogP contribution in [-0.2, 0) is 6.54 Å². The summed E-state index contributed by atoms with van der Waals surface area (Å²) in [5, 5.41) is 2.05. The van der Waals surface area contributed by atoms with E-state index >= 15 is 0 Å². The summed E-state index contributed by atoms with van der Waals surface area (Å²) < 4.78 is 2.20. The van der Waals surface area contributed by atoms with Gasteiger partial charge in [-0.2, -0.15) is 0 Å². The number of hydrogen-bond donors (Lipinski definition) is 0. The Bertz CT molecular complexity index is 844.